The fourth-order valence-corrected chi connectivity index (χ4v) is 4.03. The Morgan fingerprint density at radius 2 is 1.88 bits per heavy atom. The van der Waals surface area contributed by atoms with Gasteiger partial charge in [0.25, 0.3) is 11.6 Å². The summed E-state index contributed by atoms with van der Waals surface area (Å²) >= 11 is 0. The third kappa shape index (κ3) is 4.11. The number of nitrogens with zero attached hydrogens (tertiary/aromatic N) is 2. The molecule has 0 radical (unpaired) electrons. The van der Waals surface area contributed by atoms with Crippen LogP contribution in [0.25, 0.3) is 0 Å². The van der Waals surface area contributed by atoms with Gasteiger partial charge >= 0.3 is 0 Å². The van der Waals surface area contributed by atoms with Crippen molar-refractivity contribution >= 4 is 17.3 Å². The van der Waals surface area contributed by atoms with Crippen LogP contribution in [-0.4, -0.2) is 29.5 Å². The molecule has 6 heteroatoms. The van der Waals surface area contributed by atoms with Crippen LogP contribution >= 0.6 is 0 Å². The maximum atomic E-state index is 12.5. The number of carbonyl (C=O) groups is 1. The van der Waals surface area contributed by atoms with E-state index in [1.807, 2.05) is 0 Å². The van der Waals surface area contributed by atoms with Gasteiger partial charge in [-0.1, -0.05) is 19.3 Å². The van der Waals surface area contributed by atoms with E-state index in [2.05, 4.69) is 17.1 Å². The summed E-state index contributed by atoms with van der Waals surface area (Å²) in [5, 5.41) is 14.6. The first-order valence-electron chi connectivity index (χ1n) is 9.42. The second kappa shape index (κ2) is 7.85. The van der Waals surface area contributed by atoms with Crippen molar-refractivity contribution in [2.75, 3.05) is 11.4 Å². The van der Waals surface area contributed by atoms with Gasteiger partial charge in [0, 0.05) is 30.3 Å². The first-order valence-corrected chi connectivity index (χ1v) is 9.42. The zero-order valence-corrected chi connectivity index (χ0v) is 14.9. The molecule has 25 heavy (non-hydrogen) atoms. The third-order valence-corrected chi connectivity index (χ3v) is 5.49. The maximum absolute atomic E-state index is 12.5. The van der Waals surface area contributed by atoms with Gasteiger partial charge < -0.3 is 10.2 Å². The lowest BCUT2D eigenvalue weighted by molar-refractivity contribution is -0.384. The molecule has 1 saturated heterocycles. The Morgan fingerprint density at radius 1 is 1.16 bits per heavy atom. The molecule has 1 aliphatic carbocycles. The quantitative estimate of drug-likeness (QED) is 0.660. The summed E-state index contributed by atoms with van der Waals surface area (Å²) in [6, 6.07) is 5.39. The summed E-state index contributed by atoms with van der Waals surface area (Å²) in [6.07, 6.45) is 8.74. The fourth-order valence-electron chi connectivity index (χ4n) is 4.03. The van der Waals surface area contributed by atoms with E-state index in [1.54, 1.807) is 12.1 Å². The number of anilines is 1. The van der Waals surface area contributed by atoms with Crippen molar-refractivity contribution in [3.63, 3.8) is 0 Å². The average molecular weight is 345 g/mol. The number of nitrogens with one attached hydrogen (secondary N) is 1. The van der Waals surface area contributed by atoms with Gasteiger partial charge in [-0.05, 0) is 51.2 Å². The largest absolute Gasteiger partial charge is 0.363 e. The van der Waals surface area contributed by atoms with Crippen molar-refractivity contribution < 1.29 is 9.72 Å². The van der Waals surface area contributed by atoms with Crippen molar-refractivity contribution in [2.45, 2.75) is 70.4 Å². The molecule has 6 nitrogen and oxygen atoms in total. The van der Waals surface area contributed by atoms with Crippen molar-refractivity contribution in [3.8, 4) is 0 Å². The Hall–Kier alpha value is -2.11. The van der Waals surface area contributed by atoms with Gasteiger partial charge in [-0.3, -0.25) is 14.9 Å². The summed E-state index contributed by atoms with van der Waals surface area (Å²) in [5.41, 5.74) is 1.04. The molecule has 2 aliphatic rings. The van der Waals surface area contributed by atoms with Gasteiger partial charge in [0.1, 0.15) is 5.69 Å². The lowest BCUT2D eigenvalue weighted by Crippen LogP contribution is -2.38. The van der Waals surface area contributed by atoms with Gasteiger partial charge in [-0.25, -0.2) is 0 Å². The predicted molar refractivity (Wildman–Crippen MR) is 98.1 cm³/mol. The van der Waals surface area contributed by atoms with E-state index in [-0.39, 0.29) is 28.6 Å². The van der Waals surface area contributed by atoms with Crippen molar-refractivity contribution in [1.29, 1.82) is 0 Å². The zero-order valence-electron chi connectivity index (χ0n) is 14.9. The summed E-state index contributed by atoms with van der Waals surface area (Å²) in [7, 11) is 0. The van der Waals surface area contributed by atoms with Crippen LogP contribution in [0.2, 0.25) is 0 Å². The maximum Gasteiger partial charge on any atom is 0.293 e. The fraction of sp³-hybridized carbons (Fsp3) is 0.632. The molecule has 0 spiro atoms. The minimum atomic E-state index is -0.367. The number of nitro groups is 1. The van der Waals surface area contributed by atoms with Crippen LogP contribution in [0, 0.1) is 10.1 Å². The average Bonchev–Trinajstić information content (AvgIpc) is 2.62. The lowest BCUT2D eigenvalue weighted by atomic mass is 9.95. The summed E-state index contributed by atoms with van der Waals surface area (Å²) in [5.74, 6) is -0.201. The van der Waals surface area contributed by atoms with Gasteiger partial charge in [0.2, 0.25) is 0 Å². The molecule has 1 amide bonds. The minimum Gasteiger partial charge on any atom is -0.363 e. The second-order valence-corrected chi connectivity index (χ2v) is 7.31. The highest BCUT2D eigenvalue weighted by Crippen LogP contribution is 2.33. The minimum absolute atomic E-state index is 0.0324. The van der Waals surface area contributed by atoms with Gasteiger partial charge in [0.05, 0.1) is 4.92 Å². The molecule has 136 valence electrons. The SMILES string of the molecule is C[C@@H]1CCCCN1c1ccc(C(=O)NC2CCCCC2)cc1[N+](=O)[O-]. The molecular weight excluding hydrogens is 318 g/mol. The highest BCUT2D eigenvalue weighted by molar-refractivity contribution is 5.96. The molecule has 0 aromatic heterocycles. The van der Waals surface area contributed by atoms with E-state index in [1.165, 1.54) is 12.5 Å². The number of benzene rings is 1. The molecule has 1 atom stereocenters. The lowest BCUT2D eigenvalue weighted by Gasteiger charge is -2.35. The van der Waals surface area contributed by atoms with E-state index in [0.717, 1.165) is 51.5 Å². The van der Waals surface area contributed by atoms with Gasteiger partial charge in [-0.15, -0.1) is 0 Å². The summed E-state index contributed by atoms with van der Waals surface area (Å²) < 4.78 is 0. The zero-order chi connectivity index (χ0) is 17.8. The highest BCUT2D eigenvalue weighted by atomic mass is 16.6. The number of hydrogen-bond acceptors (Lipinski definition) is 4. The molecule has 1 aromatic carbocycles. The Labute approximate surface area is 148 Å². The number of piperidine rings is 1. The van der Waals surface area contributed by atoms with Crippen LogP contribution in [-0.2, 0) is 0 Å². The number of carbonyl (C=O) groups excluding carboxylic acids is 1. The normalized spacial score (nSPS) is 21.8. The molecular formula is C19H27N3O3. The molecule has 2 fully saturated rings. The van der Waals surface area contributed by atoms with Crippen LogP contribution in [0.4, 0.5) is 11.4 Å². The second-order valence-electron chi connectivity index (χ2n) is 7.31. The topological polar surface area (TPSA) is 75.5 Å². The van der Waals surface area contributed by atoms with Crippen LogP contribution in [0.5, 0.6) is 0 Å². The van der Waals surface area contributed by atoms with Gasteiger partial charge in [-0.2, -0.15) is 0 Å². The molecule has 1 heterocycles. The van der Waals surface area contributed by atoms with Crippen LogP contribution in [0.15, 0.2) is 18.2 Å². The predicted octanol–water partition coefficient (Wildman–Crippen LogP) is 4.04. The van der Waals surface area contributed by atoms with E-state index in [9.17, 15) is 14.9 Å². The van der Waals surface area contributed by atoms with Crippen molar-refractivity contribution in [2.24, 2.45) is 0 Å². The van der Waals surface area contributed by atoms with Crippen LogP contribution in [0.1, 0.15) is 68.6 Å². The van der Waals surface area contributed by atoms with E-state index < -0.39 is 0 Å². The van der Waals surface area contributed by atoms with E-state index >= 15 is 0 Å². The molecule has 1 saturated carbocycles. The molecule has 1 aliphatic heterocycles. The Morgan fingerprint density at radius 3 is 2.56 bits per heavy atom. The Kier molecular flexibility index (Phi) is 5.56. The molecule has 0 unspecified atom stereocenters. The number of amides is 1. The van der Waals surface area contributed by atoms with E-state index in [0.29, 0.717) is 11.3 Å². The Bertz CT molecular complexity index is 641. The van der Waals surface area contributed by atoms with Crippen molar-refractivity contribution in [3.05, 3.63) is 33.9 Å². The molecule has 1 N–H and O–H groups in total. The molecule has 3 rings (SSSR count). The molecule has 1 aromatic rings. The first-order chi connectivity index (χ1) is 12.1. The summed E-state index contributed by atoms with van der Waals surface area (Å²) in [4.78, 5) is 25.8. The van der Waals surface area contributed by atoms with Gasteiger partial charge in [0.15, 0.2) is 0 Å². The highest BCUT2D eigenvalue weighted by Gasteiger charge is 2.27. The molecule has 0 bridgehead atoms. The first kappa shape index (κ1) is 17.7. The third-order valence-electron chi connectivity index (χ3n) is 5.49. The smallest absolute Gasteiger partial charge is 0.293 e. The van der Waals surface area contributed by atoms with E-state index in [4.69, 9.17) is 0 Å². The summed E-state index contributed by atoms with van der Waals surface area (Å²) in [6.45, 7) is 2.93. The van der Waals surface area contributed by atoms with Crippen LogP contribution in [0.3, 0.4) is 0 Å². The standard InChI is InChI=1S/C19H27N3O3/c1-14-7-5-6-12-21(14)17-11-10-15(13-18(17)22(24)25)19(23)20-16-8-3-2-4-9-16/h10-11,13-14,16H,2-9,12H2,1H3,(H,20,23)/t14-/m1/s1. The number of hydrogen-bond donors (Lipinski definition) is 1. The van der Waals surface area contributed by atoms with Crippen molar-refractivity contribution in [1.82, 2.24) is 5.32 Å². The Balaban J connectivity index is 1.80. The number of nitro benzene ring substituents is 1. The number of rotatable bonds is 4. The monoisotopic (exact) mass is 345 g/mol. The van der Waals surface area contributed by atoms with Crippen LogP contribution < -0.4 is 10.2 Å².